The van der Waals surface area contributed by atoms with Crippen molar-refractivity contribution in [2.24, 2.45) is 0 Å². The molecule has 3 N–H and O–H groups in total. The van der Waals surface area contributed by atoms with Gasteiger partial charge in [0.1, 0.15) is 5.82 Å². The van der Waals surface area contributed by atoms with Crippen molar-refractivity contribution >= 4 is 22.6 Å². The number of H-pyrrole nitrogens is 1. The van der Waals surface area contributed by atoms with E-state index in [1.54, 1.807) is 30.7 Å². The topological polar surface area (TPSA) is 82.7 Å². The number of nitrogens with one attached hydrogen (secondary N) is 3. The number of nitrogens with zero attached hydrogens (tertiary/aromatic N) is 2. The number of para-hydroxylation sites is 1. The lowest BCUT2D eigenvalue weighted by Crippen LogP contribution is -2.25. The molecule has 0 atom stereocenters. The first-order valence-electron chi connectivity index (χ1n) is 9.21. The largest absolute Gasteiger partial charge is 0.366 e. The number of anilines is 1. The highest BCUT2D eigenvalue weighted by molar-refractivity contribution is 5.94. The molecule has 0 spiro atoms. The van der Waals surface area contributed by atoms with Crippen molar-refractivity contribution < 1.29 is 4.79 Å². The van der Waals surface area contributed by atoms with E-state index in [2.05, 4.69) is 37.7 Å². The molecule has 1 aromatic carbocycles. The summed E-state index contributed by atoms with van der Waals surface area (Å²) in [5, 5.41) is 7.42. The highest BCUT2D eigenvalue weighted by atomic mass is 16.1. The van der Waals surface area contributed by atoms with Crippen LogP contribution in [0, 0.1) is 0 Å². The number of amides is 1. The molecular weight excluding hydrogens is 350 g/mol. The molecule has 0 unspecified atom stereocenters. The number of hydrogen-bond acceptors (Lipinski definition) is 4. The fourth-order valence-corrected chi connectivity index (χ4v) is 3.11. The normalized spacial score (nSPS) is 10.7. The molecule has 0 radical (unpaired) electrons. The fraction of sp³-hybridized carbons (Fsp3) is 0.136. The van der Waals surface area contributed by atoms with Gasteiger partial charge in [0.05, 0.1) is 0 Å². The maximum absolute atomic E-state index is 12.5. The fourth-order valence-electron chi connectivity index (χ4n) is 3.11. The molecule has 28 heavy (non-hydrogen) atoms. The van der Waals surface area contributed by atoms with Crippen molar-refractivity contribution in [2.45, 2.75) is 13.0 Å². The summed E-state index contributed by atoms with van der Waals surface area (Å²) in [6.07, 6.45) is 7.92. The maximum atomic E-state index is 12.5. The highest BCUT2D eigenvalue weighted by Crippen LogP contribution is 2.17. The number of aromatic amines is 1. The molecule has 3 heterocycles. The number of carbonyl (C=O) groups is 1. The van der Waals surface area contributed by atoms with Gasteiger partial charge in [-0.2, -0.15) is 0 Å². The molecular formula is C22H21N5O. The van der Waals surface area contributed by atoms with Gasteiger partial charge >= 0.3 is 0 Å². The molecule has 0 fully saturated rings. The molecule has 6 heteroatoms. The van der Waals surface area contributed by atoms with Gasteiger partial charge in [-0.25, -0.2) is 4.98 Å². The third kappa shape index (κ3) is 4.17. The minimum Gasteiger partial charge on any atom is -0.366 e. The van der Waals surface area contributed by atoms with E-state index >= 15 is 0 Å². The van der Waals surface area contributed by atoms with Gasteiger partial charge in [-0.15, -0.1) is 0 Å². The Hall–Kier alpha value is -3.67. The first kappa shape index (κ1) is 17.7. The minimum absolute atomic E-state index is 0.103. The van der Waals surface area contributed by atoms with Crippen LogP contribution >= 0.6 is 0 Å². The Kier molecular flexibility index (Phi) is 5.29. The summed E-state index contributed by atoms with van der Waals surface area (Å²) < 4.78 is 0. The predicted octanol–water partition coefficient (Wildman–Crippen LogP) is 3.54. The van der Waals surface area contributed by atoms with E-state index in [1.807, 2.05) is 30.5 Å². The Balaban J connectivity index is 1.33. The van der Waals surface area contributed by atoms with Crippen LogP contribution in [0.5, 0.6) is 0 Å². The van der Waals surface area contributed by atoms with Crippen molar-refractivity contribution in [2.75, 3.05) is 11.9 Å². The van der Waals surface area contributed by atoms with Crippen LogP contribution in [0.3, 0.4) is 0 Å². The number of pyridine rings is 2. The molecule has 1 amide bonds. The lowest BCUT2D eigenvalue weighted by atomic mass is 10.1. The Morgan fingerprint density at radius 1 is 1.04 bits per heavy atom. The van der Waals surface area contributed by atoms with Crippen molar-refractivity contribution in [3.63, 3.8) is 0 Å². The van der Waals surface area contributed by atoms with Gasteiger partial charge in [-0.05, 0) is 47.9 Å². The van der Waals surface area contributed by atoms with Crippen LogP contribution in [-0.4, -0.2) is 27.4 Å². The number of hydrogen-bond donors (Lipinski definition) is 3. The van der Waals surface area contributed by atoms with Gasteiger partial charge in [0, 0.05) is 54.3 Å². The van der Waals surface area contributed by atoms with Crippen LogP contribution in [0.25, 0.3) is 10.9 Å². The quantitative estimate of drug-likeness (QED) is 0.464. The predicted molar refractivity (Wildman–Crippen MR) is 110 cm³/mol. The van der Waals surface area contributed by atoms with Crippen LogP contribution in [0.1, 0.15) is 21.5 Å². The highest BCUT2D eigenvalue weighted by Gasteiger charge is 2.08. The van der Waals surface area contributed by atoms with Gasteiger partial charge in [-0.3, -0.25) is 9.78 Å². The molecule has 0 saturated heterocycles. The SMILES string of the molecule is O=C(NCCc1c[nH]c2ccccc12)c1ccnc(NCc2ccncc2)c1. The third-order valence-electron chi connectivity index (χ3n) is 4.60. The van der Waals surface area contributed by atoms with Crippen LogP contribution in [-0.2, 0) is 13.0 Å². The van der Waals surface area contributed by atoms with Gasteiger partial charge in [0.2, 0.25) is 0 Å². The average molecular weight is 371 g/mol. The second kappa shape index (κ2) is 8.35. The summed E-state index contributed by atoms with van der Waals surface area (Å²) in [4.78, 5) is 24.0. The van der Waals surface area contributed by atoms with Crippen LogP contribution in [0.4, 0.5) is 5.82 Å². The Bertz CT molecular complexity index is 1070. The van der Waals surface area contributed by atoms with E-state index in [4.69, 9.17) is 0 Å². The summed E-state index contributed by atoms with van der Waals surface area (Å²) in [6, 6.07) is 15.5. The smallest absolute Gasteiger partial charge is 0.251 e. The molecule has 0 aliphatic heterocycles. The van der Waals surface area contributed by atoms with Gasteiger partial charge < -0.3 is 15.6 Å². The Labute approximate surface area is 163 Å². The summed E-state index contributed by atoms with van der Waals surface area (Å²) in [6.45, 7) is 1.20. The number of fused-ring (bicyclic) bond motifs is 1. The van der Waals surface area contributed by atoms with E-state index in [1.165, 1.54) is 10.9 Å². The molecule has 4 rings (SSSR count). The van der Waals surface area contributed by atoms with Crippen LogP contribution in [0.15, 0.2) is 73.3 Å². The molecule has 0 saturated carbocycles. The van der Waals surface area contributed by atoms with Crippen molar-refractivity contribution in [1.29, 1.82) is 0 Å². The summed E-state index contributed by atoms with van der Waals surface area (Å²) in [7, 11) is 0. The van der Waals surface area contributed by atoms with Crippen molar-refractivity contribution in [3.8, 4) is 0 Å². The van der Waals surface area contributed by atoms with Gasteiger partial charge in [0.25, 0.3) is 5.91 Å². The number of rotatable bonds is 7. The third-order valence-corrected chi connectivity index (χ3v) is 4.60. The van der Waals surface area contributed by atoms with Gasteiger partial charge in [-0.1, -0.05) is 18.2 Å². The molecule has 140 valence electrons. The van der Waals surface area contributed by atoms with E-state index < -0.39 is 0 Å². The Morgan fingerprint density at radius 3 is 2.79 bits per heavy atom. The number of carbonyl (C=O) groups excluding carboxylic acids is 1. The lowest BCUT2D eigenvalue weighted by molar-refractivity contribution is 0.0954. The monoisotopic (exact) mass is 371 g/mol. The van der Waals surface area contributed by atoms with E-state index in [0.717, 1.165) is 17.5 Å². The van der Waals surface area contributed by atoms with Crippen LogP contribution in [0.2, 0.25) is 0 Å². The Morgan fingerprint density at radius 2 is 1.89 bits per heavy atom. The molecule has 0 bridgehead atoms. The summed E-state index contributed by atoms with van der Waals surface area (Å²) in [5.74, 6) is 0.565. The molecule has 0 aliphatic rings. The molecule has 6 nitrogen and oxygen atoms in total. The molecule has 4 aromatic rings. The van der Waals surface area contributed by atoms with E-state index in [-0.39, 0.29) is 5.91 Å². The zero-order valence-electron chi connectivity index (χ0n) is 15.4. The summed E-state index contributed by atoms with van der Waals surface area (Å²) in [5.41, 5.74) is 4.00. The molecule has 0 aliphatic carbocycles. The van der Waals surface area contributed by atoms with Crippen molar-refractivity contribution in [1.82, 2.24) is 20.3 Å². The standard InChI is InChI=1S/C22H21N5O/c28-22(25-12-8-18-15-26-20-4-2-1-3-19(18)20)17-7-11-24-21(13-17)27-14-16-5-9-23-10-6-16/h1-7,9-11,13,15,26H,8,12,14H2,(H,24,27)(H,25,28). The summed E-state index contributed by atoms with van der Waals surface area (Å²) >= 11 is 0. The number of benzene rings is 1. The van der Waals surface area contributed by atoms with E-state index in [9.17, 15) is 4.79 Å². The maximum Gasteiger partial charge on any atom is 0.251 e. The van der Waals surface area contributed by atoms with E-state index in [0.29, 0.717) is 24.5 Å². The second-order valence-electron chi connectivity index (χ2n) is 6.50. The first-order valence-corrected chi connectivity index (χ1v) is 9.21. The second-order valence-corrected chi connectivity index (χ2v) is 6.50. The van der Waals surface area contributed by atoms with Gasteiger partial charge in [0.15, 0.2) is 0 Å². The first-order chi connectivity index (χ1) is 13.8. The lowest BCUT2D eigenvalue weighted by Gasteiger charge is -2.08. The van der Waals surface area contributed by atoms with Crippen LogP contribution < -0.4 is 10.6 Å². The number of aromatic nitrogens is 3. The molecule has 3 aromatic heterocycles. The minimum atomic E-state index is -0.103. The van der Waals surface area contributed by atoms with Crippen molar-refractivity contribution in [3.05, 3.63) is 90.0 Å². The zero-order chi connectivity index (χ0) is 19.2. The zero-order valence-corrected chi connectivity index (χ0v) is 15.4. The average Bonchev–Trinajstić information content (AvgIpc) is 3.16.